The Morgan fingerprint density at radius 1 is 0.812 bits per heavy atom. The van der Waals surface area contributed by atoms with Crippen LogP contribution in [0.2, 0.25) is 0 Å². The Kier molecular flexibility index (Phi) is 4.29. The summed E-state index contributed by atoms with van der Waals surface area (Å²) in [6.45, 7) is 0. The third-order valence-corrected chi connectivity index (χ3v) is 6.01. The standard InChI is InChI=1S/C22H16N8OS/c1-31-15-9-7-14(8-10-15)17-12-19(26-24-17)21-29-30-20(27-28-22(30)32-21)18-11-16(23-25-18)13-5-3-2-4-6-13/h2-12H,1H3,(H,23,25)(H,24,26). The van der Waals surface area contributed by atoms with Crippen LogP contribution in [0.25, 0.3) is 49.7 Å². The van der Waals surface area contributed by atoms with Crippen molar-refractivity contribution in [1.29, 1.82) is 0 Å². The number of nitrogens with zero attached hydrogens (tertiary/aromatic N) is 6. The summed E-state index contributed by atoms with van der Waals surface area (Å²) in [6, 6.07) is 21.6. The summed E-state index contributed by atoms with van der Waals surface area (Å²) in [5.41, 5.74) is 5.24. The highest BCUT2D eigenvalue weighted by molar-refractivity contribution is 7.19. The van der Waals surface area contributed by atoms with Gasteiger partial charge in [-0.25, -0.2) is 0 Å². The molecule has 9 nitrogen and oxygen atoms in total. The summed E-state index contributed by atoms with van der Waals surface area (Å²) >= 11 is 1.44. The minimum Gasteiger partial charge on any atom is -0.497 e. The molecule has 4 heterocycles. The van der Waals surface area contributed by atoms with Gasteiger partial charge in [-0.1, -0.05) is 41.7 Å². The minimum absolute atomic E-state index is 0.604. The van der Waals surface area contributed by atoms with Crippen LogP contribution in [0.15, 0.2) is 66.7 Å². The fourth-order valence-corrected chi connectivity index (χ4v) is 4.23. The molecule has 0 bridgehead atoms. The molecule has 156 valence electrons. The van der Waals surface area contributed by atoms with Crippen molar-refractivity contribution in [1.82, 2.24) is 40.2 Å². The van der Waals surface area contributed by atoms with E-state index in [-0.39, 0.29) is 0 Å². The monoisotopic (exact) mass is 440 g/mol. The van der Waals surface area contributed by atoms with Crippen molar-refractivity contribution in [3.63, 3.8) is 0 Å². The van der Waals surface area contributed by atoms with Gasteiger partial charge >= 0.3 is 0 Å². The number of nitrogens with one attached hydrogen (secondary N) is 2. The van der Waals surface area contributed by atoms with Crippen LogP contribution in [-0.2, 0) is 0 Å². The number of hydrogen-bond donors (Lipinski definition) is 2. The molecule has 2 N–H and O–H groups in total. The second-order valence-electron chi connectivity index (χ2n) is 7.05. The second-order valence-corrected chi connectivity index (χ2v) is 8.01. The van der Waals surface area contributed by atoms with E-state index >= 15 is 0 Å². The molecule has 0 saturated carbocycles. The largest absolute Gasteiger partial charge is 0.497 e. The van der Waals surface area contributed by atoms with Gasteiger partial charge in [0, 0.05) is 11.1 Å². The smallest absolute Gasteiger partial charge is 0.235 e. The summed E-state index contributed by atoms with van der Waals surface area (Å²) in [7, 11) is 1.65. The van der Waals surface area contributed by atoms with Gasteiger partial charge in [0.15, 0.2) is 5.01 Å². The van der Waals surface area contributed by atoms with E-state index in [0.717, 1.165) is 44.7 Å². The maximum atomic E-state index is 5.22. The van der Waals surface area contributed by atoms with Crippen molar-refractivity contribution in [2.24, 2.45) is 0 Å². The zero-order valence-electron chi connectivity index (χ0n) is 16.9. The zero-order chi connectivity index (χ0) is 21.5. The average Bonchev–Trinajstić information content (AvgIpc) is 3.63. The Morgan fingerprint density at radius 2 is 1.50 bits per heavy atom. The van der Waals surface area contributed by atoms with Crippen LogP contribution in [0.1, 0.15) is 0 Å². The Bertz CT molecular complexity index is 1510. The van der Waals surface area contributed by atoms with E-state index in [1.165, 1.54) is 11.3 Å². The van der Waals surface area contributed by atoms with E-state index in [0.29, 0.717) is 10.8 Å². The molecule has 0 saturated heterocycles. The molecule has 6 aromatic rings. The van der Waals surface area contributed by atoms with Crippen LogP contribution >= 0.6 is 11.3 Å². The van der Waals surface area contributed by atoms with Crippen molar-refractivity contribution in [2.75, 3.05) is 7.11 Å². The van der Waals surface area contributed by atoms with Crippen LogP contribution < -0.4 is 4.74 Å². The Balaban J connectivity index is 1.32. The molecule has 0 aliphatic rings. The molecular weight excluding hydrogens is 424 g/mol. The minimum atomic E-state index is 0.604. The summed E-state index contributed by atoms with van der Waals surface area (Å²) in [4.78, 5) is 0.687. The summed E-state index contributed by atoms with van der Waals surface area (Å²) < 4.78 is 6.94. The normalized spacial score (nSPS) is 11.3. The van der Waals surface area contributed by atoms with E-state index in [1.54, 1.807) is 11.6 Å². The predicted molar refractivity (Wildman–Crippen MR) is 121 cm³/mol. The van der Waals surface area contributed by atoms with Crippen LogP contribution in [0.5, 0.6) is 5.75 Å². The van der Waals surface area contributed by atoms with Crippen LogP contribution in [0, 0.1) is 0 Å². The fourth-order valence-electron chi connectivity index (χ4n) is 3.43. The van der Waals surface area contributed by atoms with Gasteiger partial charge in [-0.05, 0) is 36.4 Å². The number of methoxy groups -OCH3 is 1. The Hall–Kier alpha value is -4.31. The van der Waals surface area contributed by atoms with Crippen LogP contribution in [0.3, 0.4) is 0 Å². The lowest BCUT2D eigenvalue weighted by molar-refractivity contribution is 0.415. The second kappa shape index (κ2) is 7.43. The van der Waals surface area contributed by atoms with Gasteiger partial charge in [0.05, 0.1) is 24.2 Å². The number of rotatable bonds is 5. The average molecular weight is 440 g/mol. The van der Waals surface area contributed by atoms with E-state index in [2.05, 4.69) is 30.6 Å². The summed E-state index contributed by atoms with van der Waals surface area (Å²) in [5, 5.41) is 29.0. The molecule has 10 heteroatoms. The number of benzene rings is 2. The Morgan fingerprint density at radius 3 is 2.25 bits per heavy atom. The first-order valence-corrected chi connectivity index (χ1v) is 10.6. The molecule has 0 atom stereocenters. The first-order valence-electron chi connectivity index (χ1n) is 9.82. The molecule has 0 fully saturated rings. The van der Waals surface area contributed by atoms with Gasteiger partial charge in [0.25, 0.3) is 0 Å². The van der Waals surface area contributed by atoms with Crippen molar-refractivity contribution < 1.29 is 4.74 Å². The third kappa shape index (κ3) is 3.13. The number of hydrogen-bond acceptors (Lipinski definition) is 7. The molecule has 0 aliphatic heterocycles. The quantitative estimate of drug-likeness (QED) is 0.413. The highest BCUT2D eigenvalue weighted by Crippen LogP contribution is 2.30. The van der Waals surface area contributed by atoms with Crippen molar-refractivity contribution in [3.05, 3.63) is 66.7 Å². The molecule has 6 rings (SSSR count). The highest BCUT2D eigenvalue weighted by Gasteiger charge is 2.18. The lowest BCUT2D eigenvalue weighted by Gasteiger charge is -1.99. The molecule has 2 aromatic carbocycles. The lowest BCUT2D eigenvalue weighted by atomic mass is 10.1. The first kappa shape index (κ1) is 18.5. The van der Waals surface area contributed by atoms with Gasteiger partial charge in [0.1, 0.15) is 11.4 Å². The van der Waals surface area contributed by atoms with Gasteiger partial charge < -0.3 is 4.74 Å². The summed E-state index contributed by atoms with van der Waals surface area (Å²) in [5.74, 6) is 1.41. The number of aromatic amines is 2. The number of fused-ring (bicyclic) bond motifs is 1. The van der Waals surface area contributed by atoms with E-state index in [1.807, 2.05) is 66.7 Å². The van der Waals surface area contributed by atoms with Gasteiger partial charge in [-0.2, -0.15) is 19.8 Å². The first-order chi connectivity index (χ1) is 15.8. The molecule has 0 aliphatic carbocycles. The molecule has 32 heavy (non-hydrogen) atoms. The lowest BCUT2D eigenvalue weighted by Crippen LogP contribution is -1.91. The highest BCUT2D eigenvalue weighted by atomic mass is 32.1. The molecule has 0 unspecified atom stereocenters. The van der Waals surface area contributed by atoms with Crippen LogP contribution in [-0.4, -0.2) is 47.3 Å². The Labute approximate surface area is 185 Å². The maximum Gasteiger partial charge on any atom is 0.235 e. The van der Waals surface area contributed by atoms with E-state index < -0.39 is 0 Å². The molecule has 0 amide bonds. The maximum absolute atomic E-state index is 5.22. The topological polar surface area (TPSA) is 110 Å². The summed E-state index contributed by atoms with van der Waals surface area (Å²) in [6.07, 6.45) is 0. The zero-order valence-corrected chi connectivity index (χ0v) is 17.7. The molecular formula is C22H16N8OS. The van der Waals surface area contributed by atoms with Gasteiger partial charge in [-0.15, -0.1) is 10.2 Å². The number of aromatic nitrogens is 8. The van der Waals surface area contributed by atoms with E-state index in [4.69, 9.17) is 9.84 Å². The SMILES string of the molecule is COc1ccc(-c2cc(-c3nn4c(-c5cc(-c6ccccc6)n[nH]5)nnc4s3)[nH]n2)cc1. The van der Waals surface area contributed by atoms with Gasteiger partial charge in [-0.3, -0.25) is 10.2 Å². The van der Waals surface area contributed by atoms with Crippen molar-refractivity contribution in [2.45, 2.75) is 0 Å². The third-order valence-electron chi connectivity index (χ3n) is 5.07. The van der Waals surface area contributed by atoms with Crippen molar-refractivity contribution >= 4 is 16.3 Å². The molecule has 0 spiro atoms. The number of ether oxygens (including phenoxy) is 1. The van der Waals surface area contributed by atoms with Crippen LogP contribution in [0.4, 0.5) is 0 Å². The fraction of sp³-hybridized carbons (Fsp3) is 0.0455. The van der Waals surface area contributed by atoms with Gasteiger partial charge in [0.2, 0.25) is 10.8 Å². The van der Waals surface area contributed by atoms with Crippen molar-refractivity contribution in [3.8, 4) is 50.5 Å². The predicted octanol–water partition coefficient (Wildman–Crippen LogP) is 4.31. The molecule has 4 aromatic heterocycles. The molecule has 0 radical (unpaired) electrons. The number of H-pyrrole nitrogens is 2. The van der Waals surface area contributed by atoms with E-state index in [9.17, 15) is 0 Å².